The van der Waals surface area contributed by atoms with Gasteiger partial charge in [0.05, 0.1) is 11.1 Å². The molecule has 52 heavy (non-hydrogen) atoms. The first-order chi connectivity index (χ1) is 24.1. The zero-order chi connectivity index (χ0) is 38.4. The Balaban J connectivity index is 0.000000201. The van der Waals surface area contributed by atoms with E-state index in [4.69, 9.17) is 42.9 Å². The number of ether oxygens (including phenoxy) is 2. The maximum Gasteiger partial charge on any atom is 0.430 e. The van der Waals surface area contributed by atoms with Gasteiger partial charge in [-0.2, -0.15) is 26.3 Å². The Morgan fingerprint density at radius 1 is 0.615 bits per heavy atom. The van der Waals surface area contributed by atoms with Gasteiger partial charge in [0.1, 0.15) is 23.1 Å². The van der Waals surface area contributed by atoms with E-state index >= 15 is 0 Å². The van der Waals surface area contributed by atoms with Crippen LogP contribution in [0.2, 0.25) is 10.0 Å². The van der Waals surface area contributed by atoms with E-state index < -0.39 is 59.3 Å². The first kappa shape index (κ1) is 38.2. The molecule has 4 aromatic rings. The van der Waals surface area contributed by atoms with E-state index in [0.29, 0.717) is 11.1 Å². The Kier molecular flexibility index (Phi) is 10.4. The molecule has 2 N–H and O–H groups in total. The molecule has 0 fully saturated rings. The van der Waals surface area contributed by atoms with Crippen LogP contribution in [0.3, 0.4) is 0 Å². The van der Waals surface area contributed by atoms with Gasteiger partial charge in [-0.3, -0.25) is 0 Å². The summed E-state index contributed by atoms with van der Waals surface area (Å²) < 4.78 is 117. The molecule has 4 aromatic carbocycles. The number of carboxylic acid groups (broad SMARTS) is 2. The highest BCUT2D eigenvalue weighted by Gasteiger charge is 2.50. The lowest BCUT2D eigenvalue weighted by Crippen LogP contribution is -2.40. The topological polar surface area (TPSA) is 93.1 Å². The van der Waals surface area contributed by atoms with Gasteiger partial charge < -0.3 is 19.7 Å². The summed E-state index contributed by atoms with van der Waals surface area (Å²) in [5.41, 5.74) is -0.208. The Morgan fingerprint density at radius 3 is 1.25 bits per heavy atom. The van der Waals surface area contributed by atoms with E-state index in [9.17, 15) is 44.7 Å². The summed E-state index contributed by atoms with van der Waals surface area (Å²) in [4.78, 5) is 22.4. The standard InChI is InChI=1S/2C18H11ClF4O3/c2*1-8-2-3-9(6-14(8)20)12-7-11(19)4-10-5-13(17(24)25)16(18(21,22)23)26-15(10)12/h2*2-7,16H,1H3,(H,24,25)/t16-;/m1./s1. The third kappa shape index (κ3) is 7.87. The highest BCUT2D eigenvalue weighted by atomic mass is 35.5. The first-order valence-corrected chi connectivity index (χ1v) is 15.5. The molecule has 2 heterocycles. The molecule has 0 aromatic heterocycles. The van der Waals surface area contributed by atoms with E-state index in [0.717, 1.165) is 24.3 Å². The number of aryl methyl sites for hydroxylation is 2. The van der Waals surface area contributed by atoms with Crippen LogP contribution in [0.1, 0.15) is 22.3 Å². The van der Waals surface area contributed by atoms with E-state index in [-0.39, 0.29) is 54.9 Å². The van der Waals surface area contributed by atoms with Gasteiger partial charge in [0.2, 0.25) is 12.2 Å². The van der Waals surface area contributed by atoms with E-state index in [2.05, 4.69) is 0 Å². The fourth-order valence-corrected chi connectivity index (χ4v) is 5.79. The van der Waals surface area contributed by atoms with Crippen molar-refractivity contribution < 1.29 is 64.4 Å². The predicted octanol–water partition coefficient (Wildman–Crippen LogP) is 10.5. The van der Waals surface area contributed by atoms with Crippen LogP contribution < -0.4 is 9.47 Å². The molecule has 2 atom stereocenters. The van der Waals surface area contributed by atoms with Gasteiger partial charge >= 0.3 is 24.3 Å². The number of benzene rings is 4. The van der Waals surface area contributed by atoms with Gasteiger partial charge in [-0.25, -0.2) is 18.4 Å². The van der Waals surface area contributed by atoms with E-state index in [1.54, 1.807) is 13.8 Å². The third-order valence-corrected chi connectivity index (χ3v) is 8.31. The molecular weight excluding hydrogens is 751 g/mol. The van der Waals surface area contributed by atoms with Crippen molar-refractivity contribution in [2.24, 2.45) is 0 Å². The lowest BCUT2D eigenvalue weighted by molar-refractivity contribution is -0.187. The molecule has 0 aliphatic carbocycles. The lowest BCUT2D eigenvalue weighted by Gasteiger charge is -2.28. The minimum absolute atomic E-state index is 0.0754. The van der Waals surface area contributed by atoms with Crippen LogP contribution in [-0.2, 0) is 9.59 Å². The summed E-state index contributed by atoms with van der Waals surface area (Å²) in [6.45, 7) is 3.09. The molecule has 6 rings (SSSR count). The summed E-state index contributed by atoms with van der Waals surface area (Å²) in [5.74, 6) is -4.99. The summed E-state index contributed by atoms with van der Waals surface area (Å²) in [7, 11) is 0. The Hall–Kier alpha value is -5.08. The summed E-state index contributed by atoms with van der Waals surface area (Å²) >= 11 is 12.0. The van der Waals surface area contributed by atoms with Crippen molar-refractivity contribution in [2.75, 3.05) is 0 Å². The van der Waals surface area contributed by atoms with Crippen LogP contribution in [0, 0.1) is 25.5 Å². The number of carbonyl (C=O) groups is 2. The van der Waals surface area contributed by atoms with Crippen LogP contribution in [0.15, 0.2) is 71.8 Å². The normalized spacial score (nSPS) is 16.5. The van der Waals surface area contributed by atoms with Crippen molar-refractivity contribution in [1.82, 2.24) is 0 Å². The molecule has 0 bridgehead atoms. The minimum Gasteiger partial charge on any atom is -0.478 e. The van der Waals surface area contributed by atoms with Gasteiger partial charge in [-0.05, 0) is 84.7 Å². The number of carboxylic acids is 2. The van der Waals surface area contributed by atoms with Crippen molar-refractivity contribution in [3.8, 4) is 33.8 Å². The average Bonchev–Trinajstić information content (AvgIpc) is 3.04. The molecule has 16 heteroatoms. The second-order valence-electron chi connectivity index (χ2n) is 11.6. The number of halogens is 10. The van der Waals surface area contributed by atoms with Crippen LogP contribution in [0.25, 0.3) is 34.4 Å². The van der Waals surface area contributed by atoms with Crippen LogP contribution in [0.5, 0.6) is 11.5 Å². The van der Waals surface area contributed by atoms with Crippen molar-refractivity contribution in [3.63, 3.8) is 0 Å². The molecule has 1 unspecified atom stereocenters. The molecule has 0 saturated heterocycles. The molecule has 6 nitrogen and oxygen atoms in total. The van der Waals surface area contributed by atoms with Crippen LogP contribution >= 0.6 is 23.2 Å². The van der Waals surface area contributed by atoms with Gasteiger partial charge in [0.25, 0.3) is 0 Å². The van der Waals surface area contributed by atoms with Gasteiger partial charge in [0.15, 0.2) is 0 Å². The molecule has 0 spiro atoms. The second-order valence-corrected chi connectivity index (χ2v) is 12.4. The zero-order valence-electron chi connectivity index (χ0n) is 26.4. The quantitative estimate of drug-likeness (QED) is 0.201. The van der Waals surface area contributed by atoms with Crippen molar-refractivity contribution >= 4 is 47.3 Å². The van der Waals surface area contributed by atoms with E-state index in [1.807, 2.05) is 0 Å². The molecule has 0 saturated carbocycles. The number of fused-ring (bicyclic) bond motifs is 2. The SMILES string of the molecule is Cc1ccc(-c2cc(Cl)cc3c2OC(C(F)(F)F)C(C(=O)O)=C3)cc1F.Cc1ccc(-c2cc(Cl)cc3c2O[C@@H](C(F)(F)F)C(C(=O)O)=C3)cc1F. The Morgan fingerprint density at radius 2 is 0.962 bits per heavy atom. The monoisotopic (exact) mass is 772 g/mol. The van der Waals surface area contributed by atoms with Gasteiger partial charge in [0, 0.05) is 32.3 Å². The number of hydrogen-bond donors (Lipinski definition) is 2. The molecule has 2 aliphatic rings. The largest absolute Gasteiger partial charge is 0.478 e. The smallest absolute Gasteiger partial charge is 0.430 e. The number of hydrogen-bond acceptors (Lipinski definition) is 4. The number of aliphatic carboxylic acids is 2. The number of rotatable bonds is 4. The summed E-state index contributed by atoms with van der Waals surface area (Å²) in [6.07, 6.45) is -13.4. The van der Waals surface area contributed by atoms with Crippen molar-refractivity contribution in [3.05, 3.63) is 116 Å². The van der Waals surface area contributed by atoms with Crippen LogP contribution in [-0.4, -0.2) is 46.7 Å². The van der Waals surface area contributed by atoms with Gasteiger partial charge in [-0.15, -0.1) is 0 Å². The van der Waals surface area contributed by atoms with Crippen LogP contribution in [0.4, 0.5) is 35.1 Å². The highest BCUT2D eigenvalue weighted by Crippen LogP contribution is 2.46. The third-order valence-electron chi connectivity index (χ3n) is 7.88. The summed E-state index contributed by atoms with van der Waals surface area (Å²) in [5, 5.41) is 18.5. The second kappa shape index (κ2) is 14.2. The zero-order valence-corrected chi connectivity index (χ0v) is 27.9. The van der Waals surface area contributed by atoms with Crippen molar-refractivity contribution in [2.45, 2.75) is 38.4 Å². The maximum absolute atomic E-state index is 13.9. The first-order valence-electron chi connectivity index (χ1n) is 14.7. The Bertz CT molecular complexity index is 2020. The van der Waals surface area contributed by atoms with Gasteiger partial charge in [-0.1, -0.05) is 47.5 Å². The fourth-order valence-electron chi connectivity index (χ4n) is 5.34. The molecule has 2 aliphatic heterocycles. The maximum atomic E-state index is 13.9. The predicted molar refractivity (Wildman–Crippen MR) is 175 cm³/mol. The average molecular weight is 773 g/mol. The number of alkyl halides is 6. The minimum atomic E-state index is -4.93. The molecular formula is C36H22Cl2F8O6. The summed E-state index contributed by atoms with van der Waals surface area (Å²) in [6, 6.07) is 13.6. The molecule has 0 amide bonds. The molecule has 0 radical (unpaired) electrons. The van der Waals surface area contributed by atoms with E-state index in [1.165, 1.54) is 48.5 Å². The lowest BCUT2D eigenvalue weighted by atomic mass is 9.95. The fraction of sp³-hybridized carbons (Fsp3) is 0.167. The Labute approximate surface area is 299 Å². The van der Waals surface area contributed by atoms with Crippen molar-refractivity contribution in [1.29, 1.82) is 0 Å². The molecule has 272 valence electrons. The highest BCUT2D eigenvalue weighted by molar-refractivity contribution is 6.31.